The summed E-state index contributed by atoms with van der Waals surface area (Å²) in [5, 5.41) is 0. The van der Waals surface area contributed by atoms with Crippen LogP contribution in [0.2, 0.25) is 0 Å². The van der Waals surface area contributed by atoms with Crippen LogP contribution in [0, 0.1) is 5.92 Å². The minimum atomic E-state index is -0.0926. The molecule has 1 aromatic carbocycles. The van der Waals surface area contributed by atoms with Gasteiger partial charge in [-0.2, -0.15) is 0 Å². The zero-order chi connectivity index (χ0) is 15.7. The average molecular weight is 301 g/mol. The molecule has 2 N–H and O–H groups in total. The number of rotatable bonds is 1. The van der Waals surface area contributed by atoms with Crippen LogP contribution in [0.15, 0.2) is 18.2 Å². The predicted molar refractivity (Wildman–Crippen MR) is 86.5 cm³/mol. The molecule has 3 rings (SSSR count). The lowest BCUT2D eigenvalue weighted by Gasteiger charge is -2.37. The van der Waals surface area contributed by atoms with Crippen molar-refractivity contribution in [2.75, 3.05) is 30.3 Å². The van der Waals surface area contributed by atoms with E-state index >= 15 is 0 Å². The van der Waals surface area contributed by atoms with E-state index in [4.69, 9.17) is 5.73 Å². The van der Waals surface area contributed by atoms with E-state index in [1.807, 2.05) is 23.1 Å². The molecule has 0 spiro atoms. The second kappa shape index (κ2) is 5.99. The van der Waals surface area contributed by atoms with Crippen LogP contribution < -0.4 is 10.6 Å². The van der Waals surface area contributed by atoms with Crippen molar-refractivity contribution in [3.05, 3.63) is 23.8 Å². The highest BCUT2D eigenvalue weighted by Gasteiger charge is 2.32. The first-order valence-electron chi connectivity index (χ1n) is 8.02. The summed E-state index contributed by atoms with van der Waals surface area (Å²) in [7, 11) is 0. The Bertz CT molecular complexity index is 600. The molecule has 22 heavy (non-hydrogen) atoms. The molecular weight excluding hydrogens is 278 g/mol. The van der Waals surface area contributed by atoms with E-state index in [0.29, 0.717) is 6.54 Å². The van der Waals surface area contributed by atoms with Crippen LogP contribution >= 0.6 is 0 Å². The van der Waals surface area contributed by atoms with E-state index in [1.54, 1.807) is 11.8 Å². The van der Waals surface area contributed by atoms with Gasteiger partial charge in [-0.3, -0.25) is 9.59 Å². The Morgan fingerprint density at radius 1 is 1.23 bits per heavy atom. The van der Waals surface area contributed by atoms with Crippen LogP contribution in [0.25, 0.3) is 0 Å². The fraction of sp³-hybridized carbons (Fsp3) is 0.529. The summed E-state index contributed by atoms with van der Waals surface area (Å²) in [5.74, 6) is 0.100. The topological polar surface area (TPSA) is 66.6 Å². The molecule has 2 heterocycles. The molecule has 1 fully saturated rings. The first-order valence-corrected chi connectivity index (χ1v) is 8.02. The van der Waals surface area contributed by atoms with Crippen molar-refractivity contribution in [2.24, 2.45) is 5.92 Å². The highest BCUT2D eigenvalue weighted by Crippen LogP contribution is 2.33. The Balaban J connectivity index is 1.82. The molecule has 1 aromatic rings. The van der Waals surface area contributed by atoms with Gasteiger partial charge >= 0.3 is 0 Å². The third-order valence-electron chi connectivity index (χ3n) is 4.77. The number of piperidine rings is 1. The van der Waals surface area contributed by atoms with Gasteiger partial charge in [-0.05, 0) is 43.4 Å². The Labute approximate surface area is 131 Å². The highest BCUT2D eigenvalue weighted by atomic mass is 16.2. The van der Waals surface area contributed by atoms with Gasteiger partial charge in [-0.15, -0.1) is 0 Å². The fourth-order valence-corrected chi connectivity index (χ4v) is 3.57. The third-order valence-corrected chi connectivity index (χ3v) is 4.77. The lowest BCUT2D eigenvalue weighted by atomic mass is 9.93. The lowest BCUT2D eigenvalue weighted by Crippen LogP contribution is -2.47. The maximum absolute atomic E-state index is 12.9. The Morgan fingerprint density at radius 3 is 2.82 bits per heavy atom. The molecule has 1 saturated heterocycles. The number of nitrogens with two attached hydrogens (primary N) is 1. The minimum Gasteiger partial charge on any atom is -0.398 e. The summed E-state index contributed by atoms with van der Waals surface area (Å²) in [5.41, 5.74) is 8.86. The van der Waals surface area contributed by atoms with Crippen molar-refractivity contribution < 1.29 is 9.59 Å². The molecule has 5 nitrogen and oxygen atoms in total. The van der Waals surface area contributed by atoms with Gasteiger partial charge in [0.15, 0.2) is 0 Å². The van der Waals surface area contributed by atoms with Crippen LogP contribution in [-0.2, 0) is 16.0 Å². The lowest BCUT2D eigenvalue weighted by molar-refractivity contribution is -0.133. The molecule has 2 aliphatic rings. The van der Waals surface area contributed by atoms with Gasteiger partial charge in [-0.25, -0.2) is 0 Å². The van der Waals surface area contributed by atoms with Crippen molar-refractivity contribution in [3.63, 3.8) is 0 Å². The van der Waals surface area contributed by atoms with Gasteiger partial charge < -0.3 is 15.5 Å². The van der Waals surface area contributed by atoms with Crippen LogP contribution in [0.3, 0.4) is 0 Å². The number of fused-ring (bicyclic) bond motifs is 1. The zero-order valence-electron chi connectivity index (χ0n) is 13.0. The number of nitrogens with zero attached hydrogens (tertiary/aromatic N) is 2. The average Bonchev–Trinajstić information content (AvgIpc) is 2.54. The second-order valence-electron chi connectivity index (χ2n) is 6.24. The van der Waals surface area contributed by atoms with Crippen molar-refractivity contribution in [3.8, 4) is 0 Å². The Hall–Kier alpha value is -2.04. The van der Waals surface area contributed by atoms with Gasteiger partial charge in [0.2, 0.25) is 11.8 Å². The highest BCUT2D eigenvalue weighted by molar-refractivity contribution is 5.97. The number of benzene rings is 1. The van der Waals surface area contributed by atoms with E-state index in [9.17, 15) is 9.59 Å². The molecule has 118 valence electrons. The minimum absolute atomic E-state index is 0.0563. The standard InChI is InChI=1S/C17H23N3O2/c1-12(21)19-9-3-5-13(11-19)17(22)20-10-4-6-14-15(18)7-2-8-16(14)20/h2,7-8,13H,3-6,9-11,18H2,1H3. The van der Waals surface area contributed by atoms with Crippen molar-refractivity contribution >= 4 is 23.2 Å². The molecule has 0 aliphatic carbocycles. The number of anilines is 2. The van der Waals surface area contributed by atoms with Gasteiger partial charge in [0.1, 0.15) is 0 Å². The van der Waals surface area contributed by atoms with Gasteiger partial charge in [0.25, 0.3) is 0 Å². The number of likely N-dealkylation sites (tertiary alicyclic amines) is 1. The maximum Gasteiger partial charge on any atom is 0.231 e. The zero-order valence-corrected chi connectivity index (χ0v) is 13.0. The van der Waals surface area contributed by atoms with Crippen LogP contribution in [0.4, 0.5) is 11.4 Å². The molecule has 0 saturated carbocycles. The van der Waals surface area contributed by atoms with Gasteiger partial charge in [0, 0.05) is 37.9 Å². The number of amides is 2. The first-order chi connectivity index (χ1) is 10.6. The van der Waals surface area contributed by atoms with E-state index in [2.05, 4.69) is 0 Å². The van der Waals surface area contributed by atoms with E-state index in [0.717, 1.165) is 55.7 Å². The van der Waals surface area contributed by atoms with Crippen LogP contribution in [0.1, 0.15) is 31.7 Å². The Morgan fingerprint density at radius 2 is 2.05 bits per heavy atom. The van der Waals surface area contributed by atoms with Crippen molar-refractivity contribution in [1.82, 2.24) is 4.90 Å². The van der Waals surface area contributed by atoms with E-state index in [-0.39, 0.29) is 17.7 Å². The number of hydrogen-bond acceptors (Lipinski definition) is 3. The molecule has 0 bridgehead atoms. The van der Waals surface area contributed by atoms with Crippen molar-refractivity contribution in [1.29, 1.82) is 0 Å². The van der Waals surface area contributed by atoms with Gasteiger partial charge in [0.05, 0.1) is 5.92 Å². The summed E-state index contributed by atoms with van der Waals surface area (Å²) >= 11 is 0. The quantitative estimate of drug-likeness (QED) is 0.804. The van der Waals surface area contributed by atoms with Crippen LogP contribution in [0.5, 0.6) is 0 Å². The molecule has 0 aromatic heterocycles. The summed E-state index contributed by atoms with van der Waals surface area (Å²) < 4.78 is 0. The summed E-state index contributed by atoms with van der Waals surface area (Å²) in [6, 6.07) is 5.78. The first kappa shape index (κ1) is 14.9. The smallest absolute Gasteiger partial charge is 0.231 e. The number of carbonyl (C=O) groups excluding carboxylic acids is 2. The normalized spacial score (nSPS) is 21.4. The molecule has 0 radical (unpaired) electrons. The molecule has 2 aliphatic heterocycles. The van der Waals surface area contributed by atoms with E-state index < -0.39 is 0 Å². The number of hydrogen-bond donors (Lipinski definition) is 1. The molecule has 5 heteroatoms. The van der Waals surface area contributed by atoms with E-state index in [1.165, 1.54) is 0 Å². The largest absolute Gasteiger partial charge is 0.398 e. The summed E-state index contributed by atoms with van der Waals surface area (Å²) in [6.45, 7) is 3.63. The summed E-state index contributed by atoms with van der Waals surface area (Å²) in [6.07, 6.45) is 3.62. The molecule has 2 amide bonds. The van der Waals surface area contributed by atoms with Crippen LogP contribution in [-0.4, -0.2) is 36.3 Å². The van der Waals surface area contributed by atoms with Crippen molar-refractivity contribution in [2.45, 2.75) is 32.6 Å². The molecule has 1 unspecified atom stereocenters. The SMILES string of the molecule is CC(=O)N1CCCC(C(=O)N2CCCc3c(N)cccc32)C1. The second-order valence-corrected chi connectivity index (χ2v) is 6.24. The number of carbonyl (C=O) groups is 2. The number of nitrogen functional groups attached to an aromatic ring is 1. The molecule has 1 atom stereocenters. The third kappa shape index (κ3) is 2.67. The molecular formula is C17H23N3O2. The summed E-state index contributed by atoms with van der Waals surface area (Å²) in [4.78, 5) is 28.2. The maximum atomic E-state index is 12.9. The monoisotopic (exact) mass is 301 g/mol. The Kier molecular flexibility index (Phi) is 4.05. The predicted octanol–water partition coefficient (Wildman–Crippen LogP) is 1.81. The van der Waals surface area contributed by atoms with Gasteiger partial charge in [-0.1, -0.05) is 6.07 Å². The fourth-order valence-electron chi connectivity index (χ4n) is 3.57.